The van der Waals surface area contributed by atoms with Crippen LogP contribution in [0.4, 0.5) is 11.4 Å². The van der Waals surface area contributed by atoms with Crippen LogP contribution in [0.25, 0.3) is 11.1 Å². The van der Waals surface area contributed by atoms with E-state index in [0.717, 1.165) is 11.1 Å². The Kier molecular flexibility index (Phi) is 6.18. The summed E-state index contributed by atoms with van der Waals surface area (Å²) in [5, 5.41) is 0.676. The summed E-state index contributed by atoms with van der Waals surface area (Å²) in [5.74, 6) is 0. The molecule has 2 aromatic carbocycles. The molecule has 5 heteroatoms. The number of anilines is 2. The van der Waals surface area contributed by atoms with Crippen LogP contribution in [0.1, 0.15) is 0 Å². The molecule has 2 aromatic rings. The molecule has 0 unspecified atom stereocenters. The minimum atomic E-state index is 0. The predicted octanol–water partition coefficient (Wildman–Crippen LogP) is 4.02. The molecule has 0 radical (unpaired) electrons. The van der Waals surface area contributed by atoms with Gasteiger partial charge in [-0.15, -0.1) is 24.8 Å². The van der Waals surface area contributed by atoms with Gasteiger partial charge in [0.05, 0.1) is 0 Å². The van der Waals surface area contributed by atoms with Crippen LogP contribution in [-0.2, 0) is 0 Å². The van der Waals surface area contributed by atoms with E-state index in [9.17, 15) is 0 Å². The second-order valence-corrected chi connectivity index (χ2v) is 3.73. The molecule has 2 nitrogen and oxygen atoms in total. The van der Waals surface area contributed by atoms with Gasteiger partial charge in [-0.3, -0.25) is 0 Å². The number of nitrogens with two attached hydrogens (primary N) is 2. The molecule has 0 atom stereocenters. The van der Waals surface area contributed by atoms with Gasteiger partial charge in [-0.1, -0.05) is 29.8 Å². The van der Waals surface area contributed by atoms with Gasteiger partial charge in [0.2, 0.25) is 0 Å². The Morgan fingerprint density at radius 2 is 1.47 bits per heavy atom. The van der Waals surface area contributed by atoms with Crippen molar-refractivity contribution >= 4 is 47.8 Å². The van der Waals surface area contributed by atoms with Crippen molar-refractivity contribution in [3.05, 3.63) is 47.5 Å². The van der Waals surface area contributed by atoms with Gasteiger partial charge in [0.25, 0.3) is 0 Å². The minimum Gasteiger partial charge on any atom is -0.399 e. The van der Waals surface area contributed by atoms with Gasteiger partial charge in [-0.2, -0.15) is 0 Å². The third kappa shape index (κ3) is 3.43. The van der Waals surface area contributed by atoms with Gasteiger partial charge in [0.15, 0.2) is 0 Å². The molecule has 0 spiro atoms. The maximum Gasteiger partial charge on any atom is 0.0485 e. The first-order chi connectivity index (χ1) is 7.18. The number of hydrogen-bond acceptors (Lipinski definition) is 2. The van der Waals surface area contributed by atoms with E-state index in [2.05, 4.69) is 0 Å². The highest BCUT2D eigenvalue weighted by molar-refractivity contribution is 6.33. The summed E-state index contributed by atoms with van der Waals surface area (Å²) in [6.07, 6.45) is 0. The Morgan fingerprint density at radius 3 is 2.12 bits per heavy atom. The summed E-state index contributed by atoms with van der Waals surface area (Å²) in [6.45, 7) is 0. The first-order valence-corrected chi connectivity index (χ1v) is 4.96. The Balaban J connectivity index is 0.00000128. The minimum absolute atomic E-state index is 0. The lowest BCUT2D eigenvalue weighted by Crippen LogP contribution is -1.93. The summed E-state index contributed by atoms with van der Waals surface area (Å²) in [7, 11) is 0. The molecular formula is C12H13Cl3N2. The standard InChI is InChI=1S/C12H11ClN2.2ClH/c13-11-4-2-1-3-9(11)10-7-8(14)5-6-12(10)15;;/h1-7H,14-15H2;2*1H. The van der Waals surface area contributed by atoms with Crippen molar-refractivity contribution in [3.8, 4) is 11.1 Å². The molecule has 0 aliphatic rings. The van der Waals surface area contributed by atoms with Crippen LogP contribution >= 0.6 is 36.4 Å². The summed E-state index contributed by atoms with van der Waals surface area (Å²) in [5.41, 5.74) is 14.7. The zero-order chi connectivity index (χ0) is 10.8. The highest BCUT2D eigenvalue weighted by atomic mass is 35.5. The van der Waals surface area contributed by atoms with Crippen molar-refractivity contribution in [3.63, 3.8) is 0 Å². The fourth-order valence-corrected chi connectivity index (χ4v) is 1.72. The van der Waals surface area contributed by atoms with E-state index in [4.69, 9.17) is 23.1 Å². The van der Waals surface area contributed by atoms with Crippen LogP contribution in [0.5, 0.6) is 0 Å². The van der Waals surface area contributed by atoms with Crippen LogP contribution < -0.4 is 11.5 Å². The monoisotopic (exact) mass is 290 g/mol. The molecule has 0 aliphatic carbocycles. The highest BCUT2D eigenvalue weighted by Gasteiger charge is 2.06. The molecule has 0 saturated carbocycles. The van der Waals surface area contributed by atoms with Crippen molar-refractivity contribution < 1.29 is 0 Å². The number of benzene rings is 2. The Morgan fingerprint density at radius 1 is 0.824 bits per heavy atom. The molecule has 92 valence electrons. The van der Waals surface area contributed by atoms with Gasteiger partial charge < -0.3 is 11.5 Å². The van der Waals surface area contributed by atoms with Gasteiger partial charge in [-0.25, -0.2) is 0 Å². The Labute approximate surface area is 118 Å². The number of halogens is 3. The largest absolute Gasteiger partial charge is 0.399 e. The lowest BCUT2D eigenvalue weighted by atomic mass is 10.0. The van der Waals surface area contributed by atoms with E-state index in [-0.39, 0.29) is 24.8 Å². The average molecular weight is 292 g/mol. The fraction of sp³-hybridized carbons (Fsp3) is 0. The number of nitrogen functional groups attached to an aromatic ring is 2. The third-order valence-electron chi connectivity index (χ3n) is 2.24. The van der Waals surface area contributed by atoms with E-state index in [1.54, 1.807) is 12.1 Å². The number of hydrogen-bond donors (Lipinski definition) is 2. The SMILES string of the molecule is Cl.Cl.Nc1ccc(N)c(-c2ccccc2Cl)c1. The van der Waals surface area contributed by atoms with Crippen LogP contribution in [-0.4, -0.2) is 0 Å². The maximum absolute atomic E-state index is 6.09. The van der Waals surface area contributed by atoms with Crippen molar-refractivity contribution in [2.45, 2.75) is 0 Å². The smallest absolute Gasteiger partial charge is 0.0485 e. The van der Waals surface area contributed by atoms with Gasteiger partial charge in [-0.05, 0) is 24.3 Å². The van der Waals surface area contributed by atoms with E-state index in [1.807, 2.05) is 30.3 Å². The summed E-state index contributed by atoms with van der Waals surface area (Å²) in [4.78, 5) is 0. The summed E-state index contributed by atoms with van der Waals surface area (Å²) < 4.78 is 0. The van der Waals surface area contributed by atoms with Crippen LogP contribution in [0.2, 0.25) is 5.02 Å². The first kappa shape index (κ1) is 15.9. The molecule has 0 saturated heterocycles. The van der Waals surface area contributed by atoms with E-state index < -0.39 is 0 Å². The highest BCUT2D eigenvalue weighted by Crippen LogP contribution is 2.32. The van der Waals surface area contributed by atoms with Crippen molar-refractivity contribution in [2.75, 3.05) is 11.5 Å². The maximum atomic E-state index is 6.09. The molecule has 0 aromatic heterocycles. The number of rotatable bonds is 1. The Bertz CT molecular complexity index is 501. The zero-order valence-electron chi connectivity index (χ0n) is 8.89. The second-order valence-electron chi connectivity index (χ2n) is 3.33. The molecular weight excluding hydrogens is 279 g/mol. The quantitative estimate of drug-likeness (QED) is 0.780. The second kappa shape index (κ2) is 6.60. The summed E-state index contributed by atoms with van der Waals surface area (Å²) in [6, 6.07) is 12.9. The van der Waals surface area contributed by atoms with Gasteiger partial charge in [0, 0.05) is 27.5 Å². The topological polar surface area (TPSA) is 52.0 Å². The van der Waals surface area contributed by atoms with Crippen molar-refractivity contribution in [1.29, 1.82) is 0 Å². The lowest BCUT2D eigenvalue weighted by Gasteiger charge is -2.08. The summed E-state index contributed by atoms with van der Waals surface area (Å²) >= 11 is 6.09. The molecule has 0 aliphatic heterocycles. The molecule has 17 heavy (non-hydrogen) atoms. The molecule has 0 fully saturated rings. The van der Waals surface area contributed by atoms with Crippen LogP contribution in [0.15, 0.2) is 42.5 Å². The van der Waals surface area contributed by atoms with Gasteiger partial charge in [0.1, 0.15) is 0 Å². The van der Waals surface area contributed by atoms with Crippen LogP contribution in [0.3, 0.4) is 0 Å². The zero-order valence-corrected chi connectivity index (χ0v) is 11.3. The molecule has 4 N–H and O–H groups in total. The fourth-order valence-electron chi connectivity index (χ4n) is 1.49. The predicted molar refractivity (Wildman–Crippen MR) is 80.2 cm³/mol. The molecule has 0 amide bonds. The van der Waals surface area contributed by atoms with Gasteiger partial charge >= 0.3 is 0 Å². The lowest BCUT2D eigenvalue weighted by molar-refractivity contribution is 1.60. The normalized spacial score (nSPS) is 9.00. The van der Waals surface area contributed by atoms with E-state index in [0.29, 0.717) is 16.4 Å². The van der Waals surface area contributed by atoms with E-state index in [1.165, 1.54) is 0 Å². The Hall–Kier alpha value is -1.09. The van der Waals surface area contributed by atoms with Crippen molar-refractivity contribution in [1.82, 2.24) is 0 Å². The molecule has 0 bridgehead atoms. The third-order valence-corrected chi connectivity index (χ3v) is 2.57. The molecule has 0 heterocycles. The first-order valence-electron chi connectivity index (χ1n) is 4.58. The van der Waals surface area contributed by atoms with Crippen molar-refractivity contribution in [2.24, 2.45) is 0 Å². The van der Waals surface area contributed by atoms with Crippen LogP contribution in [0, 0.1) is 0 Å². The average Bonchev–Trinajstić information content (AvgIpc) is 2.23. The molecule has 2 rings (SSSR count). The van der Waals surface area contributed by atoms with E-state index >= 15 is 0 Å².